The fraction of sp³-hybridized carbons (Fsp3) is 0.120. The SMILES string of the molecule is CCOC(=O)[C@H](Oc1ccc2c(-c3ccccc3)cc(=O)oc2c1)c1ccccc1. The van der Waals surface area contributed by atoms with E-state index in [2.05, 4.69) is 0 Å². The number of hydrogen-bond acceptors (Lipinski definition) is 5. The lowest BCUT2D eigenvalue weighted by molar-refractivity contribution is -0.151. The topological polar surface area (TPSA) is 65.7 Å². The summed E-state index contributed by atoms with van der Waals surface area (Å²) in [6.45, 7) is 1.99. The molecule has 0 radical (unpaired) electrons. The van der Waals surface area contributed by atoms with Gasteiger partial charge in [0.05, 0.1) is 6.61 Å². The molecule has 0 bridgehead atoms. The van der Waals surface area contributed by atoms with Crippen molar-refractivity contribution in [2.45, 2.75) is 13.0 Å². The Morgan fingerprint density at radius 2 is 1.63 bits per heavy atom. The van der Waals surface area contributed by atoms with Crippen molar-refractivity contribution >= 4 is 16.9 Å². The fourth-order valence-electron chi connectivity index (χ4n) is 3.31. The van der Waals surface area contributed by atoms with Gasteiger partial charge in [-0.3, -0.25) is 0 Å². The van der Waals surface area contributed by atoms with E-state index in [1.165, 1.54) is 6.07 Å². The van der Waals surface area contributed by atoms with E-state index in [0.717, 1.165) is 16.5 Å². The highest BCUT2D eigenvalue weighted by Gasteiger charge is 2.24. The Morgan fingerprint density at radius 3 is 2.33 bits per heavy atom. The van der Waals surface area contributed by atoms with Crippen molar-refractivity contribution < 1.29 is 18.7 Å². The first-order valence-electron chi connectivity index (χ1n) is 9.67. The van der Waals surface area contributed by atoms with Crippen molar-refractivity contribution in [3.63, 3.8) is 0 Å². The Hall–Kier alpha value is -3.86. The standard InChI is InChI=1S/C25H20O5/c1-2-28-25(27)24(18-11-7-4-8-12-18)29-19-13-14-20-21(17-9-5-3-6-10-17)16-23(26)30-22(20)15-19/h3-16,24H,2H2,1H3/t24-/m1/s1. The Balaban J connectivity index is 1.74. The van der Waals surface area contributed by atoms with E-state index in [4.69, 9.17) is 13.9 Å². The quantitative estimate of drug-likeness (QED) is 0.331. The first-order chi connectivity index (χ1) is 14.7. The lowest BCUT2D eigenvalue weighted by atomic mass is 10.0. The molecule has 0 amide bonds. The maximum Gasteiger partial charge on any atom is 0.352 e. The van der Waals surface area contributed by atoms with Gasteiger partial charge >= 0.3 is 11.6 Å². The van der Waals surface area contributed by atoms with Gasteiger partial charge in [-0.15, -0.1) is 0 Å². The zero-order valence-corrected chi connectivity index (χ0v) is 16.4. The molecule has 4 aromatic rings. The van der Waals surface area contributed by atoms with Gasteiger partial charge in [0.2, 0.25) is 6.10 Å². The fourth-order valence-corrected chi connectivity index (χ4v) is 3.31. The number of carbonyl (C=O) groups is 1. The summed E-state index contributed by atoms with van der Waals surface area (Å²) >= 11 is 0. The highest BCUT2D eigenvalue weighted by atomic mass is 16.6. The molecule has 0 fully saturated rings. The Morgan fingerprint density at radius 1 is 0.933 bits per heavy atom. The number of fused-ring (bicyclic) bond motifs is 1. The van der Waals surface area contributed by atoms with Gasteiger partial charge in [-0.1, -0.05) is 60.7 Å². The molecule has 4 rings (SSSR count). The molecule has 5 heteroatoms. The van der Waals surface area contributed by atoms with Crippen LogP contribution in [0.2, 0.25) is 0 Å². The van der Waals surface area contributed by atoms with Crippen LogP contribution in [0, 0.1) is 0 Å². The molecule has 0 saturated carbocycles. The van der Waals surface area contributed by atoms with Crippen LogP contribution in [0.5, 0.6) is 5.75 Å². The largest absolute Gasteiger partial charge is 0.474 e. The molecule has 0 aliphatic carbocycles. The molecule has 1 atom stereocenters. The van der Waals surface area contributed by atoms with Crippen LogP contribution < -0.4 is 10.4 Å². The van der Waals surface area contributed by atoms with Crippen LogP contribution in [0.1, 0.15) is 18.6 Å². The van der Waals surface area contributed by atoms with E-state index in [-0.39, 0.29) is 6.61 Å². The van der Waals surface area contributed by atoms with Gasteiger partial charge in [0, 0.05) is 23.1 Å². The predicted molar refractivity (Wildman–Crippen MR) is 114 cm³/mol. The smallest absolute Gasteiger partial charge is 0.352 e. The number of rotatable bonds is 6. The van der Waals surface area contributed by atoms with Crippen LogP contribution in [0.25, 0.3) is 22.1 Å². The summed E-state index contributed by atoms with van der Waals surface area (Å²) in [5.41, 5.74) is 2.30. The number of ether oxygens (including phenoxy) is 2. The predicted octanol–water partition coefficient (Wildman–Crippen LogP) is 5.14. The van der Waals surface area contributed by atoms with Crippen molar-refractivity contribution in [3.8, 4) is 16.9 Å². The van der Waals surface area contributed by atoms with E-state index >= 15 is 0 Å². The van der Waals surface area contributed by atoms with Crippen LogP contribution in [0.3, 0.4) is 0 Å². The molecule has 0 aliphatic rings. The molecule has 5 nitrogen and oxygen atoms in total. The van der Waals surface area contributed by atoms with Crippen LogP contribution in [-0.2, 0) is 9.53 Å². The maximum atomic E-state index is 12.5. The third kappa shape index (κ3) is 4.10. The molecule has 1 heterocycles. The number of esters is 1. The van der Waals surface area contributed by atoms with Crippen LogP contribution in [-0.4, -0.2) is 12.6 Å². The summed E-state index contributed by atoms with van der Waals surface area (Å²) in [6.07, 6.45) is -0.923. The van der Waals surface area contributed by atoms with Gasteiger partial charge in [0.15, 0.2) is 0 Å². The summed E-state index contributed by atoms with van der Waals surface area (Å²) in [5, 5.41) is 0.778. The highest BCUT2D eigenvalue weighted by Crippen LogP contribution is 2.31. The van der Waals surface area contributed by atoms with Crippen molar-refractivity contribution in [2.24, 2.45) is 0 Å². The second kappa shape index (κ2) is 8.66. The number of benzene rings is 3. The van der Waals surface area contributed by atoms with Gasteiger partial charge < -0.3 is 13.9 Å². The van der Waals surface area contributed by atoms with Crippen molar-refractivity contribution in [2.75, 3.05) is 6.61 Å². The third-order valence-electron chi connectivity index (χ3n) is 4.66. The minimum absolute atomic E-state index is 0.249. The average Bonchev–Trinajstić information content (AvgIpc) is 2.78. The summed E-state index contributed by atoms with van der Waals surface area (Å²) in [4.78, 5) is 24.6. The molecule has 0 unspecified atom stereocenters. The Labute approximate surface area is 173 Å². The van der Waals surface area contributed by atoms with Crippen molar-refractivity contribution in [1.29, 1.82) is 0 Å². The lowest BCUT2D eigenvalue weighted by Gasteiger charge is -2.18. The van der Waals surface area contributed by atoms with Crippen LogP contribution in [0.15, 0.2) is 94.1 Å². The molecule has 0 aliphatic heterocycles. The van der Waals surface area contributed by atoms with E-state index in [1.54, 1.807) is 31.2 Å². The van der Waals surface area contributed by atoms with Crippen LogP contribution in [0.4, 0.5) is 0 Å². The second-order valence-corrected chi connectivity index (χ2v) is 6.66. The van der Waals surface area contributed by atoms with Crippen LogP contribution >= 0.6 is 0 Å². The van der Waals surface area contributed by atoms with Gasteiger partial charge in [-0.05, 0) is 30.2 Å². The van der Waals surface area contributed by atoms with E-state index in [9.17, 15) is 9.59 Å². The number of carbonyl (C=O) groups excluding carboxylic acids is 1. The normalized spacial score (nSPS) is 11.8. The molecule has 0 spiro atoms. The molecule has 0 saturated heterocycles. The summed E-state index contributed by atoms with van der Waals surface area (Å²) in [5.74, 6) is -0.0824. The van der Waals surface area contributed by atoms with Gasteiger partial charge in [0.25, 0.3) is 0 Å². The Bertz CT molecular complexity index is 1210. The minimum atomic E-state index is -0.923. The second-order valence-electron chi connectivity index (χ2n) is 6.66. The lowest BCUT2D eigenvalue weighted by Crippen LogP contribution is -2.21. The molecular weight excluding hydrogens is 380 g/mol. The molecular formula is C25H20O5. The van der Waals surface area contributed by atoms with Gasteiger partial charge in [-0.2, -0.15) is 0 Å². The van der Waals surface area contributed by atoms with E-state index < -0.39 is 17.7 Å². The summed E-state index contributed by atoms with van der Waals surface area (Å²) < 4.78 is 16.6. The highest BCUT2D eigenvalue weighted by molar-refractivity contribution is 5.93. The Kier molecular flexibility index (Phi) is 5.61. The number of hydrogen-bond donors (Lipinski definition) is 0. The van der Waals surface area contributed by atoms with Gasteiger partial charge in [0.1, 0.15) is 11.3 Å². The van der Waals surface area contributed by atoms with Crippen molar-refractivity contribution in [3.05, 3.63) is 101 Å². The first-order valence-corrected chi connectivity index (χ1v) is 9.67. The van der Waals surface area contributed by atoms with Gasteiger partial charge in [-0.25, -0.2) is 9.59 Å². The first kappa shape index (κ1) is 19.5. The molecule has 0 N–H and O–H groups in total. The van der Waals surface area contributed by atoms with E-state index in [1.807, 2.05) is 54.6 Å². The zero-order valence-electron chi connectivity index (χ0n) is 16.4. The van der Waals surface area contributed by atoms with E-state index in [0.29, 0.717) is 16.9 Å². The summed E-state index contributed by atoms with van der Waals surface area (Å²) in [6, 6.07) is 25.4. The van der Waals surface area contributed by atoms with Crippen molar-refractivity contribution in [1.82, 2.24) is 0 Å². The molecule has 30 heavy (non-hydrogen) atoms. The minimum Gasteiger partial charge on any atom is -0.474 e. The maximum absolute atomic E-state index is 12.5. The molecule has 1 aromatic heterocycles. The average molecular weight is 400 g/mol. The third-order valence-corrected chi connectivity index (χ3v) is 4.66. The zero-order chi connectivity index (χ0) is 20.9. The monoisotopic (exact) mass is 400 g/mol. The summed E-state index contributed by atoms with van der Waals surface area (Å²) in [7, 11) is 0. The molecule has 150 valence electrons. The molecule has 3 aromatic carbocycles.